The van der Waals surface area contributed by atoms with Crippen LogP contribution in [-0.4, -0.2) is 0 Å². The van der Waals surface area contributed by atoms with Gasteiger partial charge >= 0.3 is 0 Å². The third kappa shape index (κ3) is 1.76. The Bertz CT molecular complexity index is 546. The highest BCUT2D eigenvalue weighted by Crippen LogP contribution is 2.57. The van der Waals surface area contributed by atoms with Crippen molar-refractivity contribution >= 4 is 22.6 Å². The minimum Gasteiger partial charge on any atom is -0.0742 e. The zero-order valence-corrected chi connectivity index (χ0v) is 13.7. The first kappa shape index (κ1) is 12.4. The molecule has 0 aliphatic heterocycles. The molecule has 0 bridgehead atoms. The fourth-order valence-corrected chi connectivity index (χ4v) is 5.71. The lowest BCUT2D eigenvalue weighted by atomic mass is 9.59. The molecule has 0 N–H and O–H groups in total. The first-order valence-electron chi connectivity index (χ1n) is 7.69. The van der Waals surface area contributed by atoms with Gasteiger partial charge in [-0.2, -0.15) is 0 Å². The second kappa shape index (κ2) is 4.34. The van der Waals surface area contributed by atoms with E-state index in [2.05, 4.69) is 53.8 Å². The van der Waals surface area contributed by atoms with Crippen molar-refractivity contribution < 1.29 is 0 Å². The maximum absolute atomic E-state index is 2.59. The van der Waals surface area contributed by atoms with Crippen LogP contribution in [0.5, 0.6) is 0 Å². The van der Waals surface area contributed by atoms with E-state index in [4.69, 9.17) is 0 Å². The summed E-state index contributed by atoms with van der Waals surface area (Å²) in [7, 11) is 0. The molecule has 2 saturated carbocycles. The summed E-state index contributed by atoms with van der Waals surface area (Å²) < 4.78 is 1.56. The van der Waals surface area contributed by atoms with Crippen molar-refractivity contribution in [2.45, 2.75) is 45.4 Å². The summed E-state index contributed by atoms with van der Waals surface area (Å²) in [5, 5.41) is 0. The minimum absolute atomic E-state index is 0.339. The van der Waals surface area contributed by atoms with Crippen LogP contribution in [0.3, 0.4) is 0 Å². The van der Waals surface area contributed by atoms with E-state index in [0.29, 0.717) is 5.41 Å². The van der Waals surface area contributed by atoms with Gasteiger partial charge in [0.2, 0.25) is 0 Å². The van der Waals surface area contributed by atoms with Gasteiger partial charge in [0.1, 0.15) is 0 Å². The molecule has 1 heteroatoms. The van der Waals surface area contributed by atoms with Gasteiger partial charge in [-0.05, 0) is 83.8 Å². The monoisotopic (exact) mass is 364 g/mol. The number of fused-ring (bicyclic) bond motifs is 5. The zero-order valence-electron chi connectivity index (χ0n) is 11.6. The van der Waals surface area contributed by atoms with Crippen LogP contribution in [0.15, 0.2) is 44.6 Å². The molecule has 19 heavy (non-hydrogen) atoms. The predicted octanol–water partition coefficient (Wildman–Crippen LogP) is 5.72. The first-order valence-corrected chi connectivity index (χ1v) is 8.77. The van der Waals surface area contributed by atoms with E-state index in [-0.39, 0.29) is 0 Å². The molecule has 4 aliphatic rings. The van der Waals surface area contributed by atoms with E-state index in [0.717, 1.165) is 11.8 Å². The fourth-order valence-electron chi connectivity index (χ4n) is 4.70. The summed E-state index contributed by atoms with van der Waals surface area (Å²) in [6.45, 7) is 2.42. The Morgan fingerprint density at radius 2 is 2.11 bits per heavy atom. The van der Waals surface area contributed by atoms with Crippen molar-refractivity contribution in [1.29, 1.82) is 0 Å². The average molecular weight is 364 g/mol. The lowest BCUT2D eigenvalue weighted by Crippen LogP contribution is -2.34. The number of rotatable bonds is 0. The summed E-state index contributed by atoms with van der Waals surface area (Å²) in [5.41, 5.74) is 5.43. The lowest BCUT2D eigenvalue weighted by Gasteiger charge is -2.45. The van der Waals surface area contributed by atoms with Crippen LogP contribution >= 0.6 is 22.6 Å². The molecule has 0 amide bonds. The number of halogens is 1. The Morgan fingerprint density at radius 3 is 3.00 bits per heavy atom. The molecule has 0 nitrogen and oxygen atoms in total. The van der Waals surface area contributed by atoms with Crippen molar-refractivity contribution in [2.24, 2.45) is 17.3 Å². The van der Waals surface area contributed by atoms with Gasteiger partial charge in [0, 0.05) is 8.99 Å². The Labute approximate surface area is 129 Å². The van der Waals surface area contributed by atoms with Crippen LogP contribution in [0.25, 0.3) is 0 Å². The number of allylic oxidation sites excluding steroid dienone is 8. The van der Waals surface area contributed by atoms with E-state index in [1.54, 1.807) is 20.3 Å². The number of hydrogen-bond acceptors (Lipinski definition) is 0. The molecule has 0 aromatic rings. The maximum atomic E-state index is 2.59. The third-order valence-electron chi connectivity index (χ3n) is 5.76. The van der Waals surface area contributed by atoms with E-state index in [1.165, 1.54) is 38.5 Å². The van der Waals surface area contributed by atoms with Gasteiger partial charge in [-0.25, -0.2) is 0 Å². The van der Waals surface area contributed by atoms with Crippen LogP contribution in [0, 0.1) is 17.3 Å². The Morgan fingerprint density at radius 1 is 1.21 bits per heavy atom. The van der Waals surface area contributed by atoms with Crippen molar-refractivity contribution in [3.63, 3.8) is 0 Å². The van der Waals surface area contributed by atoms with E-state index < -0.39 is 0 Å². The number of hydrogen-bond donors (Lipinski definition) is 0. The largest absolute Gasteiger partial charge is 0.0742 e. The molecule has 4 aliphatic carbocycles. The summed E-state index contributed by atoms with van der Waals surface area (Å²) in [4.78, 5) is 0. The molecule has 0 aromatic carbocycles. The smallest absolute Gasteiger partial charge is 0.0128 e. The zero-order chi connectivity index (χ0) is 13.0. The quantitative estimate of drug-likeness (QED) is 0.483. The van der Waals surface area contributed by atoms with Crippen molar-refractivity contribution in [3.8, 4) is 0 Å². The summed E-state index contributed by atoms with van der Waals surface area (Å²) in [5.74, 6) is 1.69. The molecule has 0 unspecified atom stereocenters. The first-order chi connectivity index (χ1) is 9.19. The average Bonchev–Trinajstić information content (AvgIpc) is 2.81. The van der Waals surface area contributed by atoms with Gasteiger partial charge in [0.15, 0.2) is 0 Å². The van der Waals surface area contributed by atoms with Gasteiger partial charge in [0.05, 0.1) is 0 Å². The standard InChI is InChI=1S/C18H21I/c1-18-9-4-7-16(18)15-11-17(19)14-6-3-2-5-12(14)13(15)8-10-18/h4,7,9,11-13H,2-3,5-6,8,10H2,1H3/t12-,13-,18+/m1/s1. The molecule has 4 rings (SSSR count). The maximum Gasteiger partial charge on any atom is 0.0128 e. The minimum atomic E-state index is 0.339. The highest BCUT2D eigenvalue weighted by molar-refractivity contribution is 14.1. The van der Waals surface area contributed by atoms with Crippen LogP contribution in [0.4, 0.5) is 0 Å². The Kier molecular flexibility index (Phi) is 2.84. The second-order valence-electron chi connectivity index (χ2n) is 6.83. The third-order valence-corrected chi connectivity index (χ3v) is 6.77. The normalized spacial score (nSPS) is 40.3. The molecule has 0 spiro atoms. The molecule has 0 saturated heterocycles. The van der Waals surface area contributed by atoms with Crippen molar-refractivity contribution in [2.75, 3.05) is 0 Å². The van der Waals surface area contributed by atoms with Crippen LogP contribution in [0.2, 0.25) is 0 Å². The topological polar surface area (TPSA) is 0 Å². The van der Waals surface area contributed by atoms with Gasteiger partial charge in [0.25, 0.3) is 0 Å². The molecular weight excluding hydrogens is 343 g/mol. The molecule has 2 fully saturated rings. The summed E-state index contributed by atoms with van der Waals surface area (Å²) in [6, 6.07) is 0. The van der Waals surface area contributed by atoms with Gasteiger partial charge in [-0.3, -0.25) is 0 Å². The highest BCUT2D eigenvalue weighted by atomic mass is 127. The van der Waals surface area contributed by atoms with E-state index >= 15 is 0 Å². The Hall–Kier alpha value is -0.310. The SMILES string of the molecule is C[C@@]12C=CC=C1C1=CC(I)=C3CCCC[C@@H]3[C@H]1CC2. The van der Waals surface area contributed by atoms with Crippen molar-refractivity contribution in [3.05, 3.63) is 44.6 Å². The molecule has 100 valence electrons. The summed E-state index contributed by atoms with van der Waals surface area (Å²) >= 11 is 2.59. The Balaban J connectivity index is 1.81. The van der Waals surface area contributed by atoms with E-state index in [1.807, 2.05) is 0 Å². The highest BCUT2D eigenvalue weighted by Gasteiger charge is 2.44. The lowest BCUT2D eigenvalue weighted by molar-refractivity contribution is 0.271. The van der Waals surface area contributed by atoms with Crippen molar-refractivity contribution in [1.82, 2.24) is 0 Å². The van der Waals surface area contributed by atoms with Gasteiger partial charge in [-0.15, -0.1) is 0 Å². The van der Waals surface area contributed by atoms with E-state index in [9.17, 15) is 0 Å². The summed E-state index contributed by atoms with van der Waals surface area (Å²) in [6.07, 6.45) is 18.0. The van der Waals surface area contributed by atoms with Crippen LogP contribution in [-0.2, 0) is 0 Å². The van der Waals surface area contributed by atoms with Gasteiger partial charge < -0.3 is 0 Å². The van der Waals surface area contributed by atoms with Crippen LogP contribution in [0.1, 0.15) is 45.4 Å². The molecular formula is C18H21I. The second-order valence-corrected chi connectivity index (χ2v) is 7.99. The molecule has 3 atom stereocenters. The van der Waals surface area contributed by atoms with Crippen LogP contribution < -0.4 is 0 Å². The molecule has 0 radical (unpaired) electrons. The molecule has 0 heterocycles. The fraction of sp³-hybridized carbons (Fsp3) is 0.556. The van der Waals surface area contributed by atoms with Gasteiger partial charge in [-0.1, -0.05) is 37.1 Å². The predicted molar refractivity (Wildman–Crippen MR) is 89.1 cm³/mol. The molecule has 0 aromatic heterocycles.